The number of halogens is 2. The molecule has 2 aromatic carbocycles. The molecule has 1 aliphatic rings. The Bertz CT molecular complexity index is 1300. The number of benzene rings is 2. The smallest absolute Gasteiger partial charge is 0.337 e. The molecular formula is C28H28ClFN4O3. The zero-order chi connectivity index (χ0) is 26.5. The molecule has 0 bridgehead atoms. The molecular weight excluding hydrogens is 495 g/mol. The maximum atomic E-state index is 13.9. The SMILES string of the molecule is COC(=O)C1=C(CN(C(C)=O)[C@@H](C)c2ccccc2)NC(c2ccccn2)NC1c1ccc(F)cc1Cl. The van der Waals surface area contributed by atoms with E-state index in [1.165, 1.54) is 32.2 Å². The summed E-state index contributed by atoms with van der Waals surface area (Å²) in [6.45, 7) is 3.51. The van der Waals surface area contributed by atoms with Gasteiger partial charge < -0.3 is 15.0 Å². The molecule has 2 heterocycles. The van der Waals surface area contributed by atoms with Crippen molar-refractivity contribution in [1.29, 1.82) is 0 Å². The molecule has 0 radical (unpaired) electrons. The second kappa shape index (κ2) is 11.5. The Labute approximate surface area is 220 Å². The number of pyridine rings is 1. The number of carbonyl (C=O) groups is 2. The first-order valence-electron chi connectivity index (χ1n) is 11.8. The van der Waals surface area contributed by atoms with Gasteiger partial charge in [0.05, 0.1) is 37.0 Å². The first-order valence-corrected chi connectivity index (χ1v) is 12.2. The minimum absolute atomic E-state index is 0.0934. The number of hydrogen-bond donors (Lipinski definition) is 2. The maximum absolute atomic E-state index is 13.9. The van der Waals surface area contributed by atoms with Gasteiger partial charge in [-0.2, -0.15) is 0 Å². The van der Waals surface area contributed by atoms with Crippen molar-refractivity contribution in [2.24, 2.45) is 0 Å². The summed E-state index contributed by atoms with van der Waals surface area (Å²) >= 11 is 6.45. The standard InChI is InChI=1S/C28H28ClFN4O3/c1-17(19-9-5-4-6-10-19)34(18(2)35)16-24-25(28(36)37-3)26(21-13-12-20(30)15-22(21)29)33-27(32-24)23-11-7-8-14-31-23/h4-15,17,26-27,32-33H,16H2,1-3H3/t17-,26?,27?/m0/s1. The van der Waals surface area contributed by atoms with Gasteiger partial charge in [-0.3, -0.25) is 15.1 Å². The Hall–Kier alpha value is -3.75. The molecule has 7 nitrogen and oxygen atoms in total. The summed E-state index contributed by atoms with van der Waals surface area (Å²) < 4.78 is 19.0. The fourth-order valence-corrected chi connectivity index (χ4v) is 4.77. The van der Waals surface area contributed by atoms with Crippen LogP contribution in [0.1, 0.15) is 48.9 Å². The van der Waals surface area contributed by atoms with Crippen LogP contribution in [0.2, 0.25) is 5.02 Å². The van der Waals surface area contributed by atoms with E-state index in [9.17, 15) is 14.0 Å². The summed E-state index contributed by atoms with van der Waals surface area (Å²) in [5, 5.41) is 6.87. The number of aromatic nitrogens is 1. The molecule has 4 rings (SSSR count). The van der Waals surface area contributed by atoms with Gasteiger partial charge in [0.25, 0.3) is 0 Å². The van der Waals surface area contributed by atoms with Crippen molar-refractivity contribution in [3.63, 3.8) is 0 Å². The summed E-state index contributed by atoms with van der Waals surface area (Å²) in [7, 11) is 1.29. The lowest BCUT2D eigenvalue weighted by Crippen LogP contribution is -2.48. The number of esters is 1. The van der Waals surface area contributed by atoms with Crippen LogP contribution in [0.4, 0.5) is 4.39 Å². The quantitative estimate of drug-likeness (QED) is 0.432. The van der Waals surface area contributed by atoms with Gasteiger partial charge >= 0.3 is 5.97 Å². The lowest BCUT2D eigenvalue weighted by Gasteiger charge is -2.38. The zero-order valence-electron chi connectivity index (χ0n) is 20.7. The Morgan fingerprint density at radius 1 is 1.14 bits per heavy atom. The lowest BCUT2D eigenvalue weighted by atomic mass is 9.93. The van der Waals surface area contributed by atoms with E-state index in [0.29, 0.717) is 17.0 Å². The molecule has 1 aliphatic heterocycles. The molecule has 1 amide bonds. The average Bonchev–Trinajstić information content (AvgIpc) is 2.91. The monoisotopic (exact) mass is 522 g/mol. The second-order valence-corrected chi connectivity index (χ2v) is 9.12. The van der Waals surface area contributed by atoms with E-state index in [1.807, 2.05) is 49.4 Å². The second-order valence-electron chi connectivity index (χ2n) is 8.71. The Morgan fingerprint density at radius 2 is 1.86 bits per heavy atom. The van der Waals surface area contributed by atoms with Crippen LogP contribution >= 0.6 is 11.6 Å². The summed E-state index contributed by atoms with van der Waals surface area (Å²) in [6.07, 6.45) is 1.13. The molecule has 0 saturated carbocycles. The van der Waals surface area contributed by atoms with E-state index >= 15 is 0 Å². The van der Waals surface area contributed by atoms with Gasteiger partial charge in [0, 0.05) is 23.8 Å². The molecule has 0 fully saturated rings. The molecule has 2 unspecified atom stereocenters. The van der Waals surface area contributed by atoms with Gasteiger partial charge in [-0.05, 0) is 42.3 Å². The minimum Gasteiger partial charge on any atom is -0.466 e. The third-order valence-electron chi connectivity index (χ3n) is 6.41. The summed E-state index contributed by atoms with van der Waals surface area (Å²) in [6, 6.07) is 18.1. The van der Waals surface area contributed by atoms with Crippen molar-refractivity contribution >= 4 is 23.5 Å². The van der Waals surface area contributed by atoms with Crippen molar-refractivity contribution in [3.8, 4) is 0 Å². The first kappa shape index (κ1) is 26.3. The number of ether oxygens (including phenoxy) is 1. The van der Waals surface area contributed by atoms with Crippen LogP contribution in [0.3, 0.4) is 0 Å². The van der Waals surface area contributed by atoms with E-state index < -0.39 is 24.0 Å². The van der Waals surface area contributed by atoms with Gasteiger partial charge in [-0.1, -0.05) is 54.1 Å². The molecule has 2 N–H and O–H groups in total. The lowest BCUT2D eigenvalue weighted by molar-refractivity contribution is -0.137. The molecule has 3 aromatic rings. The van der Waals surface area contributed by atoms with Crippen molar-refractivity contribution in [2.45, 2.75) is 32.1 Å². The van der Waals surface area contributed by atoms with Crippen LogP contribution in [0.25, 0.3) is 0 Å². The van der Waals surface area contributed by atoms with Crippen molar-refractivity contribution in [1.82, 2.24) is 20.5 Å². The number of methoxy groups -OCH3 is 1. The van der Waals surface area contributed by atoms with Crippen LogP contribution in [0.15, 0.2) is 84.2 Å². The zero-order valence-corrected chi connectivity index (χ0v) is 21.5. The van der Waals surface area contributed by atoms with Gasteiger partial charge in [0.2, 0.25) is 5.91 Å². The summed E-state index contributed by atoms with van der Waals surface area (Å²) in [4.78, 5) is 32.1. The number of hydrogen-bond acceptors (Lipinski definition) is 6. The van der Waals surface area contributed by atoms with Gasteiger partial charge in [0.1, 0.15) is 12.0 Å². The Balaban J connectivity index is 1.84. The third-order valence-corrected chi connectivity index (χ3v) is 6.74. The molecule has 0 spiro atoms. The van der Waals surface area contributed by atoms with E-state index in [0.717, 1.165) is 5.56 Å². The van der Waals surface area contributed by atoms with E-state index in [4.69, 9.17) is 16.3 Å². The van der Waals surface area contributed by atoms with Crippen LogP contribution in [-0.4, -0.2) is 35.4 Å². The highest BCUT2D eigenvalue weighted by Crippen LogP contribution is 2.36. The highest BCUT2D eigenvalue weighted by Gasteiger charge is 2.37. The molecule has 37 heavy (non-hydrogen) atoms. The molecule has 0 aliphatic carbocycles. The Morgan fingerprint density at radius 3 is 2.49 bits per heavy atom. The highest BCUT2D eigenvalue weighted by molar-refractivity contribution is 6.31. The number of carbonyl (C=O) groups excluding carboxylic acids is 2. The molecule has 192 valence electrons. The van der Waals surface area contributed by atoms with Crippen molar-refractivity contribution in [2.75, 3.05) is 13.7 Å². The fraction of sp³-hybridized carbons (Fsp3) is 0.250. The average molecular weight is 523 g/mol. The molecule has 0 saturated heterocycles. The van der Waals surface area contributed by atoms with Crippen LogP contribution in [0, 0.1) is 5.82 Å². The van der Waals surface area contributed by atoms with Crippen LogP contribution < -0.4 is 10.6 Å². The van der Waals surface area contributed by atoms with E-state index in [-0.39, 0.29) is 29.1 Å². The number of rotatable bonds is 7. The largest absolute Gasteiger partial charge is 0.466 e. The first-order chi connectivity index (χ1) is 17.8. The predicted molar refractivity (Wildman–Crippen MR) is 139 cm³/mol. The van der Waals surface area contributed by atoms with Gasteiger partial charge in [0.15, 0.2) is 0 Å². The fourth-order valence-electron chi connectivity index (χ4n) is 4.49. The summed E-state index contributed by atoms with van der Waals surface area (Å²) in [5.41, 5.74) is 2.83. The normalized spacial score (nSPS) is 18.1. The number of nitrogens with zero attached hydrogens (tertiary/aromatic N) is 2. The van der Waals surface area contributed by atoms with Crippen LogP contribution in [0.5, 0.6) is 0 Å². The topological polar surface area (TPSA) is 83.6 Å². The molecule has 1 aromatic heterocycles. The Kier molecular flexibility index (Phi) is 8.21. The molecule has 3 atom stereocenters. The molecule has 9 heteroatoms. The van der Waals surface area contributed by atoms with Gasteiger partial charge in [-0.15, -0.1) is 0 Å². The van der Waals surface area contributed by atoms with Crippen LogP contribution in [-0.2, 0) is 14.3 Å². The highest BCUT2D eigenvalue weighted by atomic mass is 35.5. The van der Waals surface area contributed by atoms with E-state index in [2.05, 4.69) is 15.6 Å². The van der Waals surface area contributed by atoms with Crippen molar-refractivity contribution in [3.05, 3.63) is 112 Å². The third kappa shape index (κ3) is 5.81. The summed E-state index contributed by atoms with van der Waals surface area (Å²) in [5.74, 6) is -1.26. The van der Waals surface area contributed by atoms with E-state index in [1.54, 1.807) is 17.2 Å². The van der Waals surface area contributed by atoms with Gasteiger partial charge in [-0.25, -0.2) is 9.18 Å². The number of nitrogens with one attached hydrogen (secondary N) is 2. The maximum Gasteiger partial charge on any atom is 0.337 e. The van der Waals surface area contributed by atoms with Crippen molar-refractivity contribution < 1.29 is 18.7 Å². The predicted octanol–water partition coefficient (Wildman–Crippen LogP) is 4.84. The minimum atomic E-state index is -0.760. The number of amides is 1.